The van der Waals surface area contributed by atoms with Gasteiger partial charge in [0.05, 0.1) is 6.04 Å². The summed E-state index contributed by atoms with van der Waals surface area (Å²) in [6, 6.07) is 13.1. The molecule has 4 nitrogen and oxygen atoms in total. The van der Waals surface area contributed by atoms with Gasteiger partial charge in [0, 0.05) is 18.2 Å². The van der Waals surface area contributed by atoms with Crippen molar-refractivity contribution in [1.82, 2.24) is 9.03 Å². The van der Waals surface area contributed by atoms with Crippen LogP contribution in [0.5, 0.6) is 0 Å². The van der Waals surface area contributed by atoms with Crippen LogP contribution in [0, 0.1) is 5.82 Å². The maximum Gasteiger partial charge on any atom is 0.280 e. The Labute approximate surface area is 142 Å². The molecule has 1 unspecified atom stereocenters. The molecule has 1 N–H and O–H groups in total. The zero-order chi connectivity index (χ0) is 17.3. The first kappa shape index (κ1) is 17.1. The van der Waals surface area contributed by atoms with Gasteiger partial charge in [0.1, 0.15) is 5.82 Å². The SMILES string of the molecule is CC(C)NS(=O)(=O)N1CCc2ccccc2C1c1ccccc1F. The Morgan fingerprint density at radius 2 is 1.71 bits per heavy atom. The van der Waals surface area contributed by atoms with E-state index in [1.165, 1.54) is 10.4 Å². The molecule has 3 rings (SSSR count). The summed E-state index contributed by atoms with van der Waals surface area (Å²) in [6.07, 6.45) is 0.611. The standard InChI is InChI=1S/C18H21FN2O2S/c1-13(2)20-24(22,23)21-12-11-14-7-3-4-8-15(14)18(21)16-9-5-6-10-17(16)19/h3-10,13,18,20H,11-12H2,1-2H3. The highest BCUT2D eigenvalue weighted by Crippen LogP contribution is 2.37. The maximum absolute atomic E-state index is 14.5. The highest BCUT2D eigenvalue weighted by atomic mass is 32.2. The van der Waals surface area contributed by atoms with Crippen molar-refractivity contribution in [1.29, 1.82) is 0 Å². The van der Waals surface area contributed by atoms with Gasteiger partial charge in [0.25, 0.3) is 10.2 Å². The lowest BCUT2D eigenvalue weighted by atomic mass is 9.90. The summed E-state index contributed by atoms with van der Waals surface area (Å²) in [7, 11) is -3.72. The quantitative estimate of drug-likeness (QED) is 0.923. The van der Waals surface area contributed by atoms with Gasteiger partial charge in [-0.1, -0.05) is 42.5 Å². The largest absolute Gasteiger partial charge is 0.280 e. The van der Waals surface area contributed by atoms with E-state index < -0.39 is 22.1 Å². The van der Waals surface area contributed by atoms with Crippen molar-refractivity contribution in [3.63, 3.8) is 0 Å². The van der Waals surface area contributed by atoms with E-state index >= 15 is 0 Å². The first-order valence-corrected chi connectivity index (χ1v) is 9.45. The molecule has 128 valence electrons. The molecule has 0 aliphatic carbocycles. The lowest BCUT2D eigenvalue weighted by Crippen LogP contribution is -2.48. The predicted molar refractivity (Wildman–Crippen MR) is 92.3 cm³/mol. The van der Waals surface area contributed by atoms with Crippen molar-refractivity contribution in [3.8, 4) is 0 Å². The van der Waals surface area contributed by atoms with Crippen molar-refractivity contribution in [2.75, 3.05) is 6.54 Å². The highest BCUT2D eigenvalue weighted by Gasteiger charge is 2.37. The van der Waals surface area contributed by atoms with Crippen LogP contribution in [0.3, 0.4) is 0 Å². The van der Waals surface area contributed by atoms with E-state index in [9.17, 15) is 12.8 Å². The smallest absolute Gasteiger partial charge is 0.207 e. The third kappa shape index (κ3) is 3.22. The molecule has 0 bridgehead atoms. The van der Waals surface area contributed by atoms with Crippen LogP contribution in [0.15, 0.2) is 48.5 Å². The van der Waals surface area contributed by atoms with E-state index in [0.717, 1.165) is 11.1 Å². The van der Waals surface area contributed by atoms with Crippen LogP contribution in [0.1, 0.15) is 36.6 Å². The molecule has 0 spiro atoms. The second kappa shape index (κ2) is 6.63. The van der Waals surface area contributed by atoms with Crippen LogP contribution in [0.4, 0.5) is 4.39 Å². The normalized spacial score (nSPS) is 18.6. The van der Waals surface area contributed by atoms with Crippen molar-refractivity contribution < 1.29 is 12.8 Å². The lowest BCUT2D eigenvalue weighted by Gasteiger charge is -2.37. The fourth-order valence-electron chi connectivity index (χ4n) is 3.19. The number of fused-ring (bicyclic) bond motifs is 1. The van der Waals surface area contributed by atoms with Gasteiger partial charge in [-0.2, -0.15) is 17.4 Å². The molecule has 1 atom stereocenters. The Hall–Kier alpha value is -1.76. The van der Waals surface area contributed by atoms with Gasteiger partial charge in [-0.05, 0) is 37.5 Å². The molecule has 2 aromatic carbocycles. The highest BCUT2D eigenvalue weighted by molar-refractivity contribution is 7.87. The molecule has 0 amide bonds. The minimum absolute atomic E-state index is 0.228. The predicted octanol–water partition coefficient (Wildman–Crippen LogP) is 3.02. The summed E-state index contributed by atoms with van der Waals surface area (Å²) in [5, 5.41) is 0. The van der Waals surface area contributed by atoms with E-state index in [-0.39, 0.29) is 6.04 Å². The third-order valence-corrected chi connectivity index (χ3v) is 5.91. The van der Waals surface area contributed by atoms with E-state index in [4.69, 9.17) is 0 Å². The Balaban J connectivity index is 2.15. The molecule has 6 heteroatoms. The van der Waals surface area contributed by atoms with E-state index in [1.54, 1.807) is 32.0 Å². The first-order chi connectivity index (χ1) is 11.4. The molecule has 0 aromatic heterocycles. The van der Waals surface area contributed by atoms with Crippen molar-refractivity contribution in [3.05, 3.63) is 71.0 Å². The number of hydrogen-bond donors (Lipinski definition) is 1. The number of benzene rings is 2. The van der Waals surface area contributed by atoms with Gasteiger partial charge in [0.15, 0.2) is 0 Å². The monoisotopic (exact) mass is 348 g/mol. The second-order valence-electron chi connectivity index (χ2n) is 6.26. The van der Waals surface area contributed by atoms with Crippen LogP contribution >= 0.6 is 0 Å². The van der Waals surface area contributed by atoms with Crippen LogP contribution in [0.2, 0.25) is 0 Å². The lowest BCUT2D eigenvalue weighted by molar-refractivity contribution is 0.330. The Kier molecular flexibility index (Phi) is 4.71. The fourth-order valence-corrected chi connectivity index (χ4v) is 4.75. The molecular formula is C18H21FN2O2S. The minimum Gasteiger partial charge on any atom is -0.207 e. The Morgan fingerprint density at radius 3 is 2.38 bits per heavy atom. The summed E-state index contributed by atoms with van der Waals surface area (Å²) < 4.78 is 44.0. The average Bonchev–Trinajstić information content (AvgIpc) is 2.53. The Morgan fingerprint density at radius 1 is 1.08 bits per heavy atom. The van der Waals surface area contributed by atoms with Gasteiger partial charge >= 0.3 is 0 Å². The molecule has 2 aromatic rings. The molecule has 0 saturated carbocycles. The van der Waals surface area contributed by atoms with Crippen molar-refractivity contribution in [2.24, 2.45) is 0 Å². The zero-order valence-corrected chi connectivity index (χ0v) is 14.6. The maximum atomic E-state index is 14.5. The van der Waals surface area contributed by atoms with E-state index in [2.05, 4.69) is 4.72 Å². The molecule has 24 heavy (non-hydrogen) atoms. The average molecular weight is 348 g/mol. The Bertz CT molecular complexity index is 836. The number of nitrogens with one attached hydrogen (secondary N) is 1. The summed E-state index contributed by atoms with van der Waals surface area (Å²) >= 11 is 0. The molecule has 1 aliphatic heterocycles. The molecule has 0 fully saturated rings. The van der Waals surface area contributed by atoms with Gasteiger partial charge in [-0.15, -0.1) is 0 Å². The van der Waals surface area contributed by atoms with Gasteiger partial charge in [-0.3, -0.25) is 0 Å². The zero-order valence-electron chi connectivity index (χ0n) is 13.7. The van der Waals surface area contributed by atoms with E-state index in [0.29, 0.717) is 18.5 Å². The van der Waals surface area contributed by atoms with Crippen LogP contribution < -0.4 is 4.72 Å². The van der Waals surface area contributed by atoms with Gasteiger partial charge < -0.3 is 0 Å². The number of hydrogen-bond acceptors (Lipinski definition) is 2. The summed E-state index contributed by atoms with van der Waals surface area (Å²) in [5.74, 6) is -0.399. The molecule has 1 heterocycles. The number of halogens is 1. The van der Waals surface area contributed by atoms with Gasteiger partial charge in [-0.25, -0.2) is 4.39 Å². The van der Waals surface area contributed by atoms with Crippen LogP contribution in [0.25, 0.3) is 0 Å². The second-order valence-corrected chi connectivity index (χ2v) is 7.92. The van der Waals surface area contributed by atoms with Crippen molar-refractivity contribution in [2.45, 2.75) is 32.4 Å². The third-order valence-electron chi connectivity index (χ3n) is 4.13. The number of rotatable bonds is 4. The summed E-state index contributed by atoms with van der Waals surface area (Å²) in [6.45, 7) is 3.86. The summed E-state index contributed by atoms with van der Waals surface area (Å²) in [4.78, 5) is 0. The molecule has 0 saturated heterocycles. The molecule has 0 radical (unpaired) electrons. The first-order valence-electron chi connectivity index (χ1n) is 8.01. The van der Waals surface area contributed by atoms with Crippen molar-refractivity contribution >= 4 is 10.2 Å². The van der Waals surface area contributed by atoms with E-state index in [1.807, 2.05) is 24.3 Å². The van der Waals surface area contributed by atoms with Crippen LogP contribution in [-0.4, -0.2) is 25.3 Å². The topological polar surface area (TPSA) is 49.4 Å². The van der Waals surface area contributed by atoms with Gasteiger partial charge in [0.2, 0.25) is 0 Å². The fraction of sp³-hybridized carbons (Fsp3) is 0.333. The minimum atomic E-state index is -3.72. The molecule has 1 aliphatic rings. The number of nitrogens with zero attached hydrogens (tertiary/aromatic N) is 1. The molecular weight excluding hydrogens is 327 g/mol. The van der Waals surface area contributed by atoms with Crippen LogP contribution in [-0.2, 0) is 16.6 Å². The summed E-state index contributed by atoms with van der Waals surface area (Å²) in [5.41, 5.74) is 2.27.